The lowest BCUT2D eigenvalue weighted by atomic mass is 9.94. The fourth-order valence-electron chi connectivity index (χ4n) is 3.84. The number of nitrogens with zero attached hydrogens (tertiary/aromatic N) is 5. The number of carbonyl (C=O) groups is 1. The van der Waals surface area contributed by atoms with Gasteiger partial charge in [-0.2, -0.15) is 0 Å². The lowest BCUT2D eigenvalue weighted by molar-refractivity contribution is -0.131. The van der Waals surface area contributed by atoms with Crippen LogP contribution in [0.2, 0.25) is 5.02 Å². The third kappa shape index (κ3) is 5.18. The minimum atomic E-state index is -0.241. The second-order valence-electron chi connectivity index (χ2n) is 8.29. The summed E-state index contributed by atoms with van der Waals surface area (Å²) in [6, 6.07) is 8.07. The number of aromatic nitrogens is 3. The zero-order chi connectivity index (χ0) is 21.8. The summed E-state index contributed by atoms with van der Waals surface area (Å²) >= 11 is 7.56. The number of hydrogen-bond donors (Lipinski definition) is 0. The highest BCUT2D eigenvalue weighted by Crippen LogP contribution is 2.31. The summed E-state index contributed by atoms with van der Waals surface area (Å²) in [6.07, 6.45) is 5.90. The second-order valence-corrected chi connectivity index (χ2v) is 10.0. The first-order valence-corrected chi connectivity index (χ1v) is 11.9. The van der Waals surface area contributed by atoms with E-state index in [0.717, 1.165) is 29.5 Å². The van der Waals surface area contributed by atoms with Crippen LogP contribution < -0.4 is 0 Å². The van der Waals surface area contributed by atoms with Gasteiger partial charge >= 0.3 is 0 Å². The molecule has 1 aromatic carbocycles. The molecule has 3 rings (SSSR count). The Hall–Kier alpha value is -1.57. The molecule has 1 fully saturated rings. The van der Waals surface area contributed by atoms with Gasteiger partial charge in [-0.15, -0.1) is 10.2 Å². The molecule has 1 aromatic heterocycles. The predicted octanol–water partition coefficient (Wildman–Crippen LogP) is 4.82. The fourth-order valence-corrected chi connectivity index (χ4v) is 4.94. The van der Waals surface area contributed by atoms with Gasteiger partial charge in [0.25, 0.3) is 0 Å². The van der Waals surface area contributed by atoms with Gasteiger partial charge in [0, 0.05) is 23.8 Å². The molecule has 0 radical (unpaired) electrons. The van der Waals surface area contributed by atoms with Gasteiger partial charge in [-0.1, -0.05) is 42.6 Å². The molecule has 1 aliphatic carbocycles. The first-order valence-electron chi connectivity index (χ1n) is 10.6. The molecule has 0 spiro atoms. The van der Waals surface area contributed by atoms with Gasteiger partial charge in [-0.3, -0.25) is 14.3 Å². The molecule has 2 atom stereocenters. The molecule has 1 amide bonds. The van der Waals surface area contributed by atoms with E-state index in [9.17, 15) is 4.79 Å². The van der Waals surface area contributed by atoms with Gasteiger partial charge in [-0.05, 0) is 65.0 Å². The van der Waals surface area contributed by atoms with Crippen LogP contribution in [0.25, 0.3) is 5.69 Å². The number of halogens is 1. The quantitative estimate of drug-likeness (QED) is 0.567. The van der Waals surface area contributed by atoms with Gasteiger partial charge in [-0.25, -0.2) is 0 Å². The summed E-state index contributed by atoms with van der Waals surface area (Å²) in [5, 5.41) is 10.1. The minimum Gasteiger partial charge on any atom is -0.342 e. The number of carbonyl (C=O) groups excluding carboxylic acids is 1. The average Bonchev–Trinajstić information content (AvgIpc) is 3.16. The van der Waals surface area contributed by atoms with Gasteiger partial charge < -0.3 is 4.90 Å². The van der Waals surface area contributed by atoms with E-state index in [-0.39, 0.29) is 17.2 Å². The van der Waals surface area contributed by atoms with Gasteiger partial charge in [0.2, 0.25) is 5.91 Å². The summed E-state index contributed by atoms with van der Waals surface area (Å²) < 4.78 is 2.04. The topological polar surface area (TPSA) is 54.3 Å². The highest BCUT2D eigenvalue weighted by Gasteiger charge is 2.29. The van der Waals surface area contributed by atoms with Crippen LogP contribution in [0, 0.1) is 0 Å². The maximum absolute atomic E-state index is 13.1. The van der Waals surface area contributed by atoms with Gasteiger partial charge in [0.05, 0.1) is 11.3 Å². The molecule has 2 aromatic rings. The molecular weight excluding hydrogens is 418 g/mol. The van der Waals surface area contributed by atoms with Crippen molar-refractivity contribution in [3.8, 4) is 5.69 Å². The van der Waals surface area contributed by atoms with E-state index in [2.05, 4.69) is 22.0 Å². The van der Waals surface area contributed by atoms with Crippen LogP contribution in [0.1, 0.15) is 57.8 Å². The molecule has 1 aliphatic rings. The molecule has 30 heavy (non-hydrogen) atoms. The maximum atomic E-state index is 13.1. The summed E-state index contributed by atoms with van der Waals surface area (Å²) in [5.74, 6) is 0.991. The largest absolute Gasteiger partial charge is 0.342 e. The van der Waals surface area contributed by atoms with E-state index in [0.29, 0.717) is 11.1 Å². The van der Waals surface area contributed by atoms with E-state index in [1.807, 2.05) is 61.8 Å². The molecule has 0 aliphatic heterocycles. The lowest BCUT2D eigenvalue weighted by Crippen LogP contribution is -2.42. The van der Waals surface area contributed by atoms with E-state index in [4.69, 9.17) is 11.6 Å². The van der Waals surface area contributed by atoms with Crippen molar-refractivity contribution < 1.29 is 4.79 Å². The van der Waals surface area contributed by atoms with Crippen molar-refractivity contribution in [1.82, 2.24) is 24.6 Å². The van der Waals surface area contributed by atoms with Crippen LogP contribution in [0.15, 0.2) is 29.4 Å². The molecule has 0 N–H and O–H groups in total. The minimum absolute atomic E-state index is 0.0680. The van der Waals surface area contributed by atoms with Crippen LogP contribution in [-0.4, -0.2) is 62.9 Å². The highest BCUT2D eigenvalue weighted by molar-refractivity contribution is 8.00. The Bertz CT molecular complexity index is 848. The van der Waals surface area contributed by atoms with Crippen molar-refractivity contribution in [3.63, 3.8) is 0 Å². The smallest absolute Gasteiger partial charge is 0.235 e. The van der Waals surface area contributed by atoms with Crippen LogP contribution in [0.4, 0.5) is 0 Å². The fraction of sp³-hybridized carbons (Fsp3) is 0.591. The third-order valence-electron chi connectivity index (χ3n) is 5.99. The van der Waals surface area contributed by atoms with Crippen LogP contribution in [-0.2, 0) is 4.79 Å². The second kappa shape index (κ2) is 10.2. The molecule has 1 heterocycles. The van der Waals surface area contributed by atoms with E-state index in [1.54, 1.807) is 0 Å². The van der Waals surface area contributed by atoms with Crippen molar-refractivity contribution in [2.75, 3.05) is 21.1 Å². The molecule has 8 heteroatoms. The Morgan fingerprint density at radius 2 is 1.73 bits per heavy atom. The monoisotopic (exact) mass is 449 g/mol. The Kier molecular flexibility index (Phi) is 7.82. The highest BCUT2D eigenvalue weighted by atomic mass is 35.5. The third-order valence-corrected chi connectivity index (χ3v) is 7.27. The molecule has 164 valence electrons. The molecular formula is C22H32ClN5OS. The summed E-state index contributed by atoms with van der Waals surface area (Å²) in [5.41, 5.74) is 0.941. The Morgan fingerprint density at radius 1 is 1.10 bits per heavy atom. The Balaban J connectivity index is 1.85. The number of thioether (sulfide) groups is 1. The summed E-state index contributed by atoms with van der Waals surface area (Å²) in [7, 11) is 5.98. The summed E-state index contributed by atoms with van der Waals surface area (Å²) in [6.45, 7) is 4.05. The lowest BCUT2D eigenvalue weighted by Gasteiger charge is -2.32. The average molecular weight is 450 g/mol. The number of rotatable bonds is 7. The van der Waals surface area contributed by atoms with E-state index < -0.39 is 0 Å². The molecule has 0 bridgehead atoms. The first-order chi connectivity index (χ1) is 14.3. The number of hydrogen-bond acceptors (Lipinski definition) is 5. The van der Waals surface area contributed by atoms with Gasteiger partial charge in [0.15, 0.2) is 11.0 Å². The molecule has 2 unspecified atom stereocenters. The van der Waals surface area contributed by atoms with E-state index >= 15 is 0 Å². The standard InChI is InChI=1S/C22H32ClN5OS/c1-15(26(3)4)20-24-25-22(28(20)19-13-11-17(23)12-14-19)30-16(2)21(29)27(5)18-9-7-6-8-10-18/h11-16,18H,6-10H2,1-5H3. The van der Waals surface area contributed by atoms with Crippen LogP contribution in [0.3, 0.4) is 0 Å². The van der Waals surface area contributed by atoms with Crippen LogP contribution in [0.5, 0.6) is 0 Å². The molecule has 6 nitrogen and oxygen atoms in total. The zero-order valence-electron chi connectivity index (χ0n) is 18.5. The maximum Gasteiger partial charge on any atom is 0.235 e. The molecule has 1 saturated carbocycles. The van der Waals surface area contributed by atoms with Crippen molar-refractivity contribution in [1.29, 1.82) is 0 Å². The van der Waals surface area contributed by atoms with Crippen molar-refractivity contribution in [2.45, 2.75) is 68.4 Å². The van der Waals surface area contributed by atoms with Crippen molar-refractivity contribution >= 4 is 29.3 Å². The Morgan fingerprint density at radius 3 is 2.33 bits per heavy atom. The normalized spacial score (nSPS) is 17.2. The molecule has 0 saturated heterocycles. The number of benzene rings is 1. The Labute approximate surface area is 189 Å². The zero-order valence-corrected chi connectivity index (χ0v) is 20.1. The van der Waals surface area contributed by atoms with Gasteiger partial charge in [0.1, 0.15) is 0 Å². The number of amides is 1. The van der Waals surface area contributed by atoms with E-state index in [1.165, 1.54) is 31.0 Å². The first kappa shape index (κ1) is 23.1. The predicted molar refractivity (Wildman–Crippen MR) is 123 cm³/mol. The van der Waals surface area contributed by atoms with Crippen molar-refractivity contribution in [2.24, 2.45) is 0 Å². The summed E-state index contributed by atoms with van der Waals surface area (Å²) in [4.78, 5) is 17.2. The SMILES string of the molecule is CC(Sc1nnc(C(C)N(C)C)n1-c1ccc(Cl)cc1)C(=O)N(C)C1CCCCC1. The van der Waals surface area contributed by atoms with Crippen LogP contribution >= 0.6 is 23.4 Å². The van der Waals surface area contributed by atoms with Crippen molar-refractivity contribution in [3.05, 3.63) is 35.1 Å².